The Morgan fingerprint density at radius 3 is 2.53 bits per heavy atom. The molecule has 1 aliphatic heterocycles. The molecule has 1 fully saturated rings. The summed E-state index contributed by atoms with van der Waals surface area (Å²) in [7, 11) is 0. The number of ether oxygens (including phenoxy) is 3. The van der Waals surface area contributed by atoms with Gasteiger partial charge in [0.15, 0.2) is 11.5 Å². The highest BCUT2D eigenvalue weighted by Gasteiger charge is 2.16. The monoisotopic (exact) mass is 564 g/mol. The first-order valence-corrected chi connectivity index (χ1v) is 12.8. The van der Waals surface area contributed by atoms with Gasteiger partial charge in [0.1, 0.15) is 6.61 Å². The van der Waals surface area contributed by atoms with E-state index in [0.717, 1.165) is 58.3 Å². The topological polar surface area (TPSA) is 43.0 Å². The van der Waals surface area contributed by atoms with Crippen molar-refractivity contribution in [3.8, 4) is 11.5 Å². The van der Waals surface area contributed by atoms with E-state index in [0.29, 0.717) is 36.3 Å². The average molecular weight is 566 g/mol. The third-order valence-corrected chi connectivity index (χ3v) is 6.76. The highest BCUT2D eigenvalue weighted by molar-refractivity contribution is 9.10. The highest BCUT2D eigenvalue weighted by atomic mass is 79.9. The molecule has 4 rings (SSSR count). The van der Waals surface area contributed by atoms with Crippen molar-refractivity contribution < 1.29 is 14.2 Å². The molecular formula is C26H27BrCl2N2O3. The van der Waals surface area contributed by atoms with Gasteiger partial charge in [-0.05, 0) is 64.8 Å². The molecule has 1 heterocycles. The van der Waals surface area contributed by atoms with Crippen LogP contribution in [0.4, 0.5) is 11.4 Å². The van der Waals surface area contributed by atoms with Gasteiger partial charge < -0.3 is 24.4 Å². The van der Waals surface area contributed by atoms with E-state index >= 15 is 0 Å². The molecule has 1 aliphatic rings. The lowest BCUT2D eigenvalue weighted by atomic mass is 10.2. The van der Waals surface area contributed by atoms with Gasteiger partial charge in [0.2, 0.25) is 0 Å². The first kappa shape index (κ1) is 25.0. The van der Waals surface area contributed by atoms with Gasteiger partial charge >= 0.3 is 0 Å². The summed E-state index contributed by atoms with van der Waals surface area (Å²) in [6.45, 7) is 6.61. The molecule has 0 saturated carbocycles. The van der Waals surface area contributed by atoms with E-state index in [-0.39, 0.29) is 0 Å². The Hall–Kier alpha value is -2.12. The molecule has 0 atom stereocenters. The number of benzene rings is 3. The van der Waals surface area contributed by atoms with Gasteiger partial charge in [-0.2, -0.15) is 0 Å². The highest BCUT2D eigenvalue weighted by Crippen LogP contribution is 2.38. The normalized spacial score (nSPS) is 13.6. The summed E-state index contributed by atoms with van der Waals surface area (Å²) in [6, 6.07) is 17.7. The fourth-order valence-electron chi connectivity index (χ4n) is 3.77. The van der Waals surface area contributed by atoms with Crippen LogP contribution in [0.2, 0.25) is 10.0 Å². The lowest BCUT2D eigenvalue weighted by Crippen LogP contribution is -2.36. The number of anilines is 2. The van der Waals surface area contributed by atoms with Gasteiger partial charge in [0, 0.05) is 35.9 Å². The summed E-state index contributed by atoms with van der Waals surface area (Å²) in [5.74, 6) is 1.34. The zero-order chi connectivity index (χ0) is 23.9. The Bertz CT molecular complexity index is 1120. The summed E-state index contributed by atoms with van der Waals surface area (Å²) in [6.07, 6.45) is 0. The molecule has 0 radical (unpaired) electrons. The molecule has 180 valence electrons. The van der Waals surface area contributed by atoms with Crippen LogP contribution >= 0.6 is 39.1 Å². The van der Waals surface area contributed by atoms with Crippen LogP contribution in [0, 0.1) is 0 Å². The minimum absolute atomic E-state index is 0.351. The van der Waals surface area contributed by atoms with Gasteiger partial charge in [-0.15, -0.1) is 0 Å². The molecule has 34 heavy (non-hydrogen) atoms. The number of rotatable bonds is 9. The van der Waals surface area contributed by atoms with Crippen molar-refractivity contribution in [2.75, 3.05) is 43.1 Å². The Morgan fingerprint density at radius 2 is 1.79 bits per heavy atom. The lowest BCUT2D eigenvalue weighted by Gasteiger charge is -2.29. The van der Waals surface area contributed by atoms with E-state index in [4.69, 9.17) is 37.4 Å². The smallest absolute Gasteiger partial charge is 0.175 e. The first-order valence-electron chi connectivity index (χ1n) is 11.2. The lowest BCUT2D eigenvalue weighted by molar-refractivity contribution is 0.122. The fraction of sp³-hybridized carbons (Fsp3) is 0.308. The second-order valence-electron chi connectivity index (χ2n) is 7.84. The van der Waals surface area contributed by atoms with Crippen molar-refractivity contribution >= 4 is 50.5 Å². The Balaban J connectivity index is 1.45. The van der Waals surface area contributed by atoms with Crippen LogP contribution in [0.5, 0.6) is 11.5 Å². The maximum Gasteiger partial charge on any atom is 0.175 e. The number of hydrogen-bond acceptors (Lipinski definition) is 5. The minimum atomic E-state index is 0.351. The third-order valence-electron chi connectivity index (χ3n) is 5.50. The Kier molecular flexibility index (Phi) is 8.84. The maximum absolute atomic E-state index is 6.58. The molecule has 1 N–H and O–H groups in total. The van der Waals surface area contributed by atoms with Gasteiger partial charge in [-0.1, -0.05) is 41.4 Å². The van der Waals surface area contributed by atoms with Crippen LogP contribution in [0.3, 0.4) is 0 Å². The summed E-state index contributed by atoms with van der Waals surface area (Å²) in [5, 5.41) is 4.86. The van der Waals surface area contributed by atoms with Gasteiger partial charge in [-0.3, -0.25) is 0 Å². The van der Waals surface area contributed by atoms with Crippen LogP contribution in [0.1, 0.15) is 18.1 Å². The number of hydrogen-bond donors (Lipinski definition) is 1. The standard InChI is InChI=1S/C26H27BrCl2N2O3/c1-2-33-25-14-18(13-21(27)26(25)34-17-19-5-3-4-6-22(19)28)16-30-20-7-8-24(23(29)15-20)31-9-11-32-12-10-31/h3-8,13-15,30H,2,9-12,16-17H2,1H3. The summed E-state index contributed by atoms with van der Waals surface area (Å²) < 4.78 is 18.2. The van der Waals surface area contributed by atoms with Crippen molar-refractivity contribution in [3.63, 3.8) is 0 Å². The summed E-state index contributed by atoms with van der Waals surface area (Å²) in [5.41, 5.74) is 3.96. The minimum Gasteiger partial charge on any atom is -0.490 e. The van der Waals surface area contributed by atoms with E-state index in [2.05, 4.69) is 38.3 Å². The quantitative estimate of drug-likeness (QED) is 0.297. The molecule has 1 saturated heterocycles. The molecule has 0 bridgehead atoms. The summed E-state index contributed by atoms with van der Waals surface area (Å²) in [4.78, 5) is 2.25. The van der Waals surface area contributed by atoms with E-state index in [1.807, 2.05) is 49.4 Å². The predicted molar refractivity (Wildman–Crippen MR) is 143 cm³/mol. The number of morpholine rings is 1. The molecule has 0 unspecified atom stereocenters. The summed E-state index contributed by atoms with van der Waals surface area (Å²) >= 11 is 16.5. The number of nitrogens with zero attached hydrogens (tertiary/aromatic N) is 1. The molecule has 0 spiro atoms. The van der Waals surface area contributed by atoms with Crippen molar-refractivity contribution in [1.29, 1.82) is 0 Å². The van der Waals surface area contributed by atoms with Gasteiger partial charge in [0.05, 0.1) is 35.0 Å². The van der Waals surface area contributed by atoms with Crippen LogP contribution in [-0.2, 0) is 17.9 Å². The SMILES string of the molecule is CCOc1cc(CNc2ccc(N3CCOCC3)c(Cl)c2)cc(Br)c1OCc1ccccc1Cl. The Labute approximate surface area is 219 Å². The van der Waals surface area contributed by atoms with Crippen molar-refractivity contribution in [3.05, 3.63) is 80.2 Å². The van der Waals surface area contributed by atoms with Crippen molar-refractivity contribution in [2.45, 2.75) is 20.1 Å². The zero-order valence-corrected chi connectivity index (χ0v) is 22.0. The van der Waals surface area contributed by atoms with E-state index in [1.54, 1.807) is 0 Å². The van der Waals surface area contributed by atoms with E-state index in [9.17, 15) is 0 Å². The molecule has 3 aromatic rings. The number of nitrogens with one attached hydrogen (secondary N) is 1. The molecule has 3 aromatic carbocycles. The second-order valence-corrected chi connectivity index (χ2v) is 9.51. The molecule has 0 amide bonds. The molecule has 0 aromatic heterocycles. The average Bonchev–Trinajstić information content (AvgIpc) is 2.84. The van der Waals surface area contributed by atoms with Gasteiger partial charge in [-0.25, -0.2) is 0 Å². The molecular weight excluding hydrogens is 539 g/mol. The van der Waals surface area contributed by atoms with Crippen LogP contribution in [0.15, 0.2) is 59.1 Å². The Morgan fingerprint density at radius 1 is 1.00 bits per heavy atom. The molecule has 0 aliphatic carbocycles. The van der Waals surface area contributed by atoms with Crippen molar-refractivity contribution in [2.24, 2.45) is 0 Å². The molecule has 5 nitrogen and oxygen atoms in total. The predicted octanol–water partition coefficient (Wildman–Crippen LogP) is 7.18. The van der Waals surface area contributed by atoms with Gasteiger partial charge in [0.25, 0.3) is 0 Å². The first-order chi connectivity index (χ1) is 16.5. The maximum atomic E-state index is 6.58. The van der Waals surface area contributed by atoms with Crippen LogP contribution in [0.25, 0.3) is 0 Å². The van der Waals surface area contributed by atoms with E-state index < -0.39 is 0 Å². The van der Waals surface area contributed by atoms with Crippen LogP contribution < -0.4 is 19.7 Å². The number of halogens is 3. The largest absolute Gasteiger partial charge is 0.490 e. The molecule has 8 heteroatoms. The van der Waals surface area contributed by atoms with Crippen LogP contribution in [-0.4, -0.2) is 32.9 Å². The third kappa shape index (κ3) is 6.30. The second kappa shape index (κ2) is 12.0. The van der Waals surface area contributed by atoms with E-state index in [1.165, 1.54) is 0 Å². The fourth-order valence-corrected chi connectivity index (χ4v) is 4.87. The van der Waals surface area contributed by atoms with Crippen molar-refractivity contribution in [1.82, 2.24) is 0 Å². The zero-order valence-electron chi connectivity index (χ0n) is 19.0.